The zero-order chi connectivity index (χ0) is 15.4. The fourth-order valence-electron chi connectivity index (χ4n) is 2.16. The molecule has 0 aliphatic carbocycles. The summed E-state index contributed by atoms with van der Waals surface area (Å²) in [5.74, 6) is 0.605. The monoisotopic (exact) mass is 284 g/mol. The van der Waals surface area contributed by atoms with Gasteiger partial charge in [0, 0.05) is 16.8 Å². The van der Waals surface area contributed by atoms with E-state index in [4.69, 9.17) is 10.5 Å². The Balaban J connectivity index is 2.16. The van der Waals surface area contributed by atoms with Gasteiger partial charge in [0.15, 0.2) is 0 Å². The van der Waals surface area contributed by atoms with Crippen molar-refractivity contribution in [1.29, 1.82) is 0 Å². The van der Waals surface area contributed by atoms with Crippen molar-refractivity contribution in [3.63, 3.8) is 0 Å². The lowest BCUT2D eigenvalue weighted by Gasteiger charge is -2.17. The van der Waals surface area contributed by atoms with Gasteiger partial charge in [-0.05, 0) is 37.6 Å². The van der Waals surface area contributed by atoms with E-state index in [-0.39, 0.29) is 11.9 Å². The Bertz CT molecular complexity index is 653. The van der Waals surface area contributed by atoms with Crippen molar-refractivity contribution in [2.75, 3.05) is 12.8 Å². The second-order valence-electron chi connectivity index (χ2n) is 5.01. The first-order valence-electron chi connectivity index (χ1n) is 6.83. The van der Waals surface area contributed by atoms with E-state index in [0.29, 0.717) is 11.3 Å². The van der Waals surface area contributed by atoms with Gasteiger partial charge in [-0.25, -0.2) is 0 Å². The molecule has 0 bridgehead atoms. The minimum Gasteiger partial charge on any atom is -0.496 e. The third kappa shape index (κ3) is 3.34. The number of ether oxygens (including phenoxy) is 1. The summed E-state index contributed by atoms with van der Waals surface area (Å²) in [5, 5.41) is 2.96. The van der Waals surface area contributed by atoms with Crippen LogP contribution in [0.2, 0.25) is 0 Å². The third-order valence-corrected chi connectivity index (χ3v) is 3.49. The smallest absolute Gasteiger partial charge is 0.251 e. The molecule has 0 saturated carbocycles. The van der Waals surface area contributed by atoms with Crippen LogP contribution in [0, 0.1) is 6.92 Å². The zero-order valence-electron chi connectivity index (χ0n) is 12.5. The second kappa shape index (κ2) is 6.31. The number of carbonyl (C=O) groups is 1. The summed E-state index contributed by atoms with van der Waals surface area (Å²) in [6, 6.07) is 12.8. The van der Waals surface area contributed by atoms with Crippen molar-refractivity contribution < 1.29 is 9.53 Å². The summed E-state index contributed by atoms with van der Waals surface area (Å²) in [5.41, 5.74) is 8.92. The minimum atomic E-state index is -0.156. The third-order valence-electron chi connectivity index (χ3n) is 3.49. The molecule has 0 fully saturated rings. The molecule has 0 aliphatic rings. The number of nitrogens with one attached hydrogen (secondary N) is 1. The highest BCUT2D eigenvalue weighted by atomic mass is 16.5. The van der Waals surface area contributed by atoms with Crippen LogP contribution in [0.15, 0.2) is 42.5 Å². The van der Waals surface area contributed by atoms with E-state index in [0.717, 1.165) is 16.9 Å². The summed E-state index contributed by atoms with van der Waals surface area (Å²) >= 11 is 0. The van der Waals surface area contributed by atoms with Gasteiger partial charge in [-0.2, -0.15) is 0 Å². The van der Waals surface area contributed by atoms with E-state index in [1.54, 1.807) is 19.2 Å². The number of benzene rings is 2. The topological polar surface area (TPSA) is 64.3 Å². The maximum absolute atomic E-state index is 12.3. The first-order chi connectivity index (χ1) is 10.0. The molecule has 2 aromatic rings. The van der Waals surface area contributed by atoms with Crippen LogP contribution < -0.4 is 15.8 Å². The molecule has 4 nitrogen and oxygen atoms in total. The average molecular weight is 284 g/mol. The molecule has 0 saturated heterocycles. The van der Waals surface area contributed by atoms with Gasteiger partial charge in [0.2, 0.25) is 0 Å². The van der Waals surface area contributed by atoms with E-state index in [2.05, 4.69) is 5.32 Å². The second-order valence-corrected chi connectivity index (χ2v) is 5.01. The molecule has 0 unspecified atom stereocenters. The van der Waals surface area contributed by atoms with Gasteiger partial charge in [0.05, 0.1) is 13.2 Å². The van der Waals surface area contributed by atoms with Crippen molar-refractivity contribution in [2.45, 2.75) is 19.9 Å². The molecule has 1 amide bonds. The highest BCUT2D eigenvalue weighted by Gasteiger charge is 2.15. The van der Waals surface area contributed by atoms with Gasteiger partial charge < -0.3 is 15.8 Å². The quantitative estimate of drug-likeness (QED) is 0.848. The van der Waals surface area contributed by atoms with Gasteiger partial charge in [-0.15, -0.1) is 0 Å². The highest BCUT2D eigenvalue weighted by Crippen LogP contribution is 2.24. The summed E-state index contributed by atoms with van der Waals surface area (Å²) in [6.45, 7) is 3.84. The molecule has 3 N–H and O–H groups in total. The highest BCUT2D eigenvalue weighted by molar-refractivity contribution is 5.95. The van der Waals surface area contributed by atoms with Crippen LogP contribution in [0.25, 0.3) is 0 Å². The Morgan fingerprint density at radius 1 is 1.24 bits per heavy atom. The number of aryl methyl sites for hydroxylation is 1. The molecule has 1 atom stereocenters. The van der Waals surface area contributed by atoms with E-state index in [9.17, 15) is 4.79 Å². The number of methoxy groups -OCH3 is 1. The molecular formula is C17H20N2O2. The normalized spacial score (nSPS) is 11.8. The lowest BCUT2D eigenvalue weighted by Crippen LogP contribution is -2.27. The number of anilines is 1. The number of carbonyl (C=O) groups excluding carboxylic acids is 1. The van der Waals surface area contributed by atoms with E-state index >= 15 is 0 Å². The fourth-order valence-corrected chi connectivity index (χ4v) is 2.16. The summed E-state index contributed by atoms with van der Waals surface area (Å²) in [7, 11) is 1.62. The van der Waals surface area contributed by atoms with Crippen molar-refractivity contribution in [1.82, 2.24) is 5.32 Å². The number of hydrogen-bond acceptors (Lipinski definition) is 3. The molecule has 4 heteroatoms. The van der Waals surface area contributed by atoms with Crippen LogP contribution >= 0.6 is 0 Å². The lowest BCUT2D eigenvalue weighted by atomic mass is 10.1. The standard InChI is InChI=1S/C17H20N2O2/c1-11-8-9-13(10-15(11)18)17(20)19-12(2)14-6-4-5-7-16(14)21-3/h4-10,12H,18H2,1-3H3,(H,19,20)/t12-/m1/s1. The van der Waals surface area contributed by atoms with Crippen LogP contribution in [-0.4, -0.2) is 13.0 Å². The van der Waals surface area contributed by atoms with E-state index in [1.807, 2.05) is 44.2 Å². The molecular weight excluding hydrogens is 264 g/mol. The predicted molar refractivity (Wildman–Crippen MR) is 84.5 cm³/mol. The maximum Gasteiger partial charge on any atom is 0.251 e. The molecule has 0 aliphatic heterocycles. The molecule has 2 aromatic carbocycles. The van der Waals surface area contributed by atoms with Crippen LogP contribution in [0.4, 0.5) is 5.69 Å². The largest absolute Gasteiger partial charge is 0.496 e. The molecule has 0 heterocycles. The maximum atomic E-state index is 12.3. The number of hydrogen-bond donors (Lipinski definition) is 2. The van der Waals surface area contributed by atoms with Crippen LogP contribution in [0.1, 0.15) is 34.5 Å². The summed E-state index contributed by atoms with van der Waals surface area (Å²) in [4.78, 5) is 12.3. The van der Waals surface area contributed by atoms with Crippen LogP contribution in [-0.2, 0) is 0 Å². The van der Waals surface area contributed by atoms with Gasteiger partial charge in [0.1, 0.15) is 5.75 Å². The molecule has 0 radical (unpaired) electrons. The Morgan fingerprint density at radius 2 is 1.95 bits per heavy atom. The van der Waals surface area contributed by atoms with E-state index in [1.165, 1.54) is 0 Å². The lowest BCUT2D eigenvalue weighted by molar-refractivity contribution is 0.0939. The molecule has 21 heavy (non-hydrogen) atoms. The SMILES string of the molecule is COc1ccccc1[C@@H](C)NC(=O)c1ccc(C)c(N)c1. The van der Waals surface area contributed by atoms with Gasteiger partial charge in [-0.1, -0.05) is 24.3 Å². The first kappa shape index (κ1) is 14.9. The zero-order valence-corrected chi connectivity index (χ0v) is 12.5. The van der Waals surface area contributed by atoms with Gasteiger partial charge >= 0.3 is 0 Å². The van der Waals surface area contributed by atoms with Gasteiger partial charge in [-0.3, -0.25) is 4.79 Å². The molecule has 0 aromatic heterocycles. The summed E-state index contributed by atoms with van der Waals surface area (Å²) in [6.07, 6.45) is 0. The molecule has 2 rings (SSSR count). The average Bonchev–Trinajstić information content (AvgIpc) is 2.49. The van der Waals surface area contributed by atoms with Crippen molar-refractivity contribution >= 4 is 11.6 Å². The van der Waals surface area contributed by atoms with Crippen molar-refractivity contribution in [3.8, 4) is 5.75 Å². The number of nitrogen functional groups attached to an aromatic ring is 1. The van der Waals surface area contributed by atoms with Crippen LogP contribution in [0.3, 0.4) is 0 Å². The summed E-state index contributed by atoms with van der Waals surface area (Å²) < 4.78 is 5.32. The van der Waals surface area contributed by atoms with E-state index < -0.39 is 0 Å². The first-order valence-corrected chi connectivity index (χ1v) is 6.83. The molecule has 0 spiro atoms. The number of nitrogens with two attached hydrogens (primary N) is 1. The number of amides is 1. The molecule has 110 valence electrons. The number of para-hydroxylation sites is 1. The number of rotatable bonds is 4. The predicted octanol–water partition coefficient (Wildman–Crippen LogP) is 3.08. The Kier molecular flexibility index (Phi) is 4.48. The Labute approximate surface area is 124 Å². The Morgan fingerprint density at radius 3 is 2.62 bits per heavy atom. The minimum absolute atomic E-state index is 0.153. The Hall–Kier alpha value is -2.49. The van der Waals surface area contributed by atoms with Crippen LogP contribution in [0.5, 0.6) is 5.75 Å². The van der Waals surface area contributed by atoms with Crippen molar-refractivity contribution in [2.24, 2.45) is 0 Å². The fraction of sp³-hybridized carbons (Fsp3) is 0.235. The van der Waals surface area contributed by atoms with Crippen molar-refractivity contribution in [3.05, 3.63) is 59.2 Å². The van der Waals surface area contributed by atoms with Gasteiger partial charge in [0.25, 0.3) is 5.91 Å².